The lowest BCUT2D eigenvalue weighted by atomic mass is 10.0. The third-order valence-corrected chi connectivity index (χ3v) is 3.80. The van der Waals surface area contributed by atoms with E-state index in [0.29, 0.717) is 26.2 Å². The molecule has 1 aliphatic rings. The maximum absolute atomic E-state index is 13.6. The minimum Gasteiger partial charge on any atom is -0.486 e. The Hall–Kier alpha value is -2.56. The van der Waals surface area contributed by atoms with Crippen molar-refractivity contribution < 1.29 is 18.7 Å². The van der Waals surface area contributed by atoms with Crippen LogP contribution in [0, 0.1) is 12.7 Å². The number of nitrogens with one attached hydrogen (secondary N) is 1. The van der Waals surface area contributed by atoms with Gasteiger partial charge in [0.1, 0.15) is 19.0 Å². The van der Waals surface area contributed by atoms with Gasteiger partial charge in [0, 0.05) is 6.54 Å². The van der Waals surface area contributed by atoms with Crippen molar-refractivity contribution in [3.05, 3.63) is 58.9 Å². The Bertz CT molecular complexity index is 730. The second-order valence-corrected chi connectivity index (χ2v) is 5.41. The van der Waals surface area contributed by atoms with E-state index in [2.05, 4.69) is 5.32 Å². The van der Waals surface area contributed by atoms with E-state index >= 15 is 0 Å². The monoisotopic (exact) mass is 315 g/mol. The first-order chi connectivity index (χ1) is 11.1. The van der Waals surface area contributed by atoms with Crippen molar-refractivity contribution in [1.82, 2.24) is 5.32 Å². The highest BCUT2D eigenvalue weighted by molar-refractivity contribution is 5.94. The summed E-state index contributed by atoms with van der Waals surface area (Å²) in [5, 5.41) is 2.74. The molecule has 0 radical (unpaired) electrons. The highest BCUT2D eigenvalue weighted by Gasteiger charge is 2.15. The summed E-state index contributed by atoms with van der Waals surface area (Å²) in [5.41, 5.74) is 2.21. The minimum atomic E-state index is -0.513. The molecular formula is C18H18FNO3. The molecule has 1 amide bonds. The van der Waals surface area contributed by atoms with Gasteiger partial charge in [-0.2, -0.15) is 0 Å². The topological polar surface area (TPSA) is 47.6 Å². The highest BCUT2D eigenvalue weighted by atomic mass is 19.1. The number of rotatable bonds is 4. The van der Waals surface area contributed by atoms with E-state index < -0.39 is 11.7 Å². The summed E-state index contributed by atoms with van der Waals surface area (Å²) in [6.45, 7) is 3.52. The molecule has 0 fully saturated rings. The molecule has 1 heterocycles. The van der Waals surface area contributed by atoms with Crippen molar-refractivity contribution in [2.75, 3.05) is 19.8 Å². The van der Waals surface area contributed by atoms with Gasteiger partial charge >= 0.3 is 0 Å². The lowest BCUT2D eigenvalue weighted by Crippen LogP contribution is -2.26. The first kappa shape index (κ1) is 15.3. The number of hydrogen-bond acceptors (Lipinski definition) is 3. The molecular weight excluding hydrogens is 297 g/mol. The zero-order chi connectivity index (χ0) is 16.2. The summed E-state index contributed by atoms with van der Waals surface area (Å²) in [5.74, 6) is 0.573. The smallest absolute Gasteiger partial charge is 0.254 e. The van der Waals surface area contributed by atoms with E-state index in [9.17, 15) is 9.18 Å². The maximum Gasteiger partial charge on any atom is 0.254 e. The summed E-state index contributed by atoms with van der Waals surface area (Å²) in [4.78, 5) is 12.0. The van der Waals surface area contributed by atoms with Gasteiger partial charge in [-0.15, -0.1) is 0 Å². The second-order valence-electron chi connectivity index (χ2n) is 5.41. The average molecular weight is 315 g/mol. The van der Waals surface area contributed by atoms with Crippen LogP contribution in [0.15, 0.2) is 36.4 Å². The number of ether oxygens (including phenoxy) is 2. The number of fused-ring (bicyclic) bond motifs is 1. The van der Waals surface area contributed by atoms with Crippen LogP contribution in [0.2, 0.25) is 0 Å². The highest BCUT2D eigenvalue weighted by Crippen LogP contribution is 2.33. The van der Waals surface area contributed by atoms with Gasteiger partial charge < -0.3 is 14.8 Å². The fourth-order valence-corrected chi connectivity index (χ4v) is 2.55. The lowest BCUT2D eigenvalue weighted by molar-refractivity contribution is 0.0950. The van der Waals surface area contributed by atoms with Crippen LogP contribution >= 0.6 is 0 Å². The predicted molar refractivity (Wildman–Crippen MR) is 84.6 cm³/mol. The van der Waals surface area contributed by atoms with Crippen LogP contribution in [0.1, 0.15) is 21.5 Å². The normalized spacial score (nSPS) is 12.8. The van der Waals surface area contributed by atoms with Crippen LogP contribution < -0.4 is 14.8 Å². The molecule has 0 spiro atoms. The minimum absolute atomic E-state index is 0.0615. The molecule has 0 aromatic heterocycles. The first-order valence-corrected chi connectivity index (χ1v) is 7.57. The number of carbonyl (C=O) groups is 1. The van der Waals surface area contributed by atoms with Gasteiger partial charge in [0.25, 0.3) is 5.91 Å². The van der Waals surface area contributed by atoms with Crippen molar-refractivity contribution in [3.8, 4) is 11.5 Å². The zero-order valence-corrected chi connectivity index (χ0v) is 12.9. The largest absolute Gasteiger partial charge is 0.486 e. The molecule has 3 rings (SSSR count). The summed E-state index contributed by atoms with van der Waals surface area (Å²) in [6.07, 6.45) is 0.642. The number of carbonyl (C=O) groups excluding carboxylic acids is 1. The average Bonchev–Trinajstić information content (AvgIpc) is 2.55. The third kappa shape index (κ3) is 3.44. The fraction of sp³-hybridized carbons (Fsp3) is 0.278. The van der Waals surface area contributed by atoms with E-state index in [4.69, 9.17) is 9.47 Å². The molecule has 1 N–H and O–H groups in total. The fourth-order valence-electron chi connectivity index (χ4n) is 2.55. The molecule has 0 aliphatic carbocycles. The van der Waals surface area contributed by atoms with Gasteiger partial charge in [-0.25, -0.2) is 4.39 Å². The standard InChI is InChI=1S/C18H18FNO3/c1-12-10-16-17(23-9-8-22-16)11-13(12)6-7-20-18(21)14-4-2-3-5-15(14)19/h2-5,10-11H,6-9H2,1H3,(H,20,21). The molecule has 1 aliphatic heterocycles. The lowest BCUT2D eigenvalue weighted by Gasteiger charge is -2.20. The van der Waals surface area contributed by atoms with Gasteiger partial charge in [0.15, 0.2) is 11.5 Å². The number of amides is 1. The Morgan fingerprint density at radius 3 is 2.61 bits per heavy atom. The van der Waals surface area contributed by atoms with E-state index in [1.54, 1.807) is 12.1 Å². The number of hydrogen-bond donors (Lipinski definition) is 1. The molecule has 23 heavy (non-hydrogen) atoms. The predicted octanol–water partition coefficient (Wildman–Crippen LogP) is 2.88. The summed E-state index contributed by atoms with van der Waals surface area (Å²) < 4.78 is 24.7. The number of aryl methyl sites for hydroxylation is 1. The van der Waals surface area contributed by atoms with Gasteiger partial charge in [-0.3, -0.25) is 4.79 Å². The third-order valence-electron chi connectivity index (χ3n) is 3.80. The van der Waals surface area contributed by atoms with Crippen molar-refractivity contribution in [3.63, 3.8) is 0 Å². The van der Waals surface area contributed by atoms with E-state index in [1.165, 1.54) is 12.1 Å². The van der Waals surface area contributed by atoms with Crippen LogP contribution in [-0.4, -0.2) is 25.7 Å². The molecule has 0 atom stereocenters. The molecule has 2 aromatic rings. The quantitative estimate of drug-likeness (QED) is 0.944. The van der Waals surface area contributed by atoms with E-state index in [1.807, 2.05) is 19.1 Å². The van der Waals surface area contributed by atoms with Crippen LogP contribution in [0.3, 0.4) is 0 Å². The molecule has 0 saturated carbocycles. The Balaban J connectivity index is 1.63. The molecule has 4 nitrogen and oxygen atoms in total. The molecule has 2 aromatic carbocycles. The Morgan fingerprint density at radius 2 is 1.87 bits per heavy atom. The summed E-state index contributed by atoms with van der Waals surface area (Å²) >= 11 is 0. The molecule has 0 saturated heterocycles. The van der Waals surface area contributed by atoms with Crippen LogP contribution in [0.5, 0.6) is 11.5 Å². The second kappa shape index (κ2) is 6.69. The number of halogens is 1. The first-order valence-electron chi connectivity index (χ1n) is 7.57. The SMILES string of the molecule is Cc1cc2c(cc1CCNC(=O)c1ccccc1F)OCCO2. The van der Waals surface area contributed by atoms with E-state index in [0.717, 1.165) is 22.6 Å². The summed E-state index contributed by atoms with van der Waals surface area (Å²) in [6, 6.07) is 9.84. The summed E-state index contributed by atoms with van der Waals surface area (Å²) in [7, 11) is 0. The molecule has 0 bridgehead atoms. The Kier molecular flexibility index (Phi) is 4.46. The Labute approximate surface area is 134 Å². The van der Waals surface area contributed by atoms with Gasteiger partial charge in [-0.1, -0.05) is 12.1 Å². The van der Waals surface area contributed by atoms with Crippen LogP contribution in [-0.2, 0) is 6.42 Å². The molecule has 5 heteroatoms. The van der Waals surface area contributed by atoms with E-state index in [-0.39, 0.29) is 5.56 Å². The van der Waals surface area contributed by atoms with Crippen molar-refractivity contribution in [2.45, 2.75) is 13.3 Å². The zero-order valence-electron chi connectivity index (χ0n) is 12.9. The maximum atomic E-state index is 13.6. The van der Waals surface area contributed by atoms with Crippen LogP contribution in [0.25, 0.3) is 0 Å². The van der Waals surface area contributed by atoms with Crippen molar-refractivity contribution >= 4 is 5.91 Å². The number of benzene rings is 2. The van der Waals surface area contributed by atoms with Gasteiger partial charge in [-0.05, 0) is 48.7 Å². The van der Waals surface area contributed by atoms with Gasteiger partial charge in [0.2, 0.25) is 0 Å². The molecule has 0 unspecified atom stereocenters. The van der Waals surface area contributed by atoms with Crippen LogP contribution in [0.4, 0.5) is 4.39 Å². The van der Waals surface area contributed by atoms with Crippen molar-refractivity contribution in [1.29, 1.82) is 0 Å². The molecule has 120 valence electrons. The Morgan fingerprint density at radius 1 is 1.17 bits per heavy atom. The van der Waals surface area contributed by atoms with Gasteiger partial charge in [0.05, 0.1) is 5.56 Å². The van der Waals surface area contributed by atoms with Crippen molar-refractivity contribution in [2.24, 2.45) is 0 Å².